The highest BCUT2D eigenvalue weighted by Gasteiger charge is 2.24. The van der Waals surface area contributed by atoms with Crippen LogP contribution in [0, 0.1) is 0 Å². The number of nitrogens with two attached hydrogens (primary N) is 1. The van der Waals surface area contributed by atoms with E-state index in [1.807, 2.05) is 6.92 Å². The summed E-state index contributed by atoms with van der Waals surface area (Å²) in [5, 5.41) is 0. The van der Waals surface area contributed by atoms with Gasteiger partial charge in [0.05, 0.1) is 0 Å². The molecule has 1 aliphatic carbocycles. The Morgan fingerprint density at radius 2 is 2.16 bits per heavy atom. The number of rotatable bonds is 5. The van der Waals surface area contributed by atoms with Gasteiger partial charge in [0.25, 0.3) is 5.56 Å². The zero-order chi connectivity index (χ0) is 13.7. The van der Waals surface area contributed by atoms with Gasteiger partial charge < -0.3 is 15.2 Å². The minimum absolute atomic E-state index is 0.00373. The van der Waals surface area contributed by atoms with Crippen molar-refractivity contribution in [1.82, 2.24) is 9.55 Å². The number of aryl methyl sites for hydroxylation is 1. The highest BCUT2D eigenvalue weighted by Crippen LogP contribution is 2.24. The van der Waals surface area contributed by atoms with Gasteiger partial charge in [0.2, 0.25) is 0 Å². The second kappa shape index (κ2) is 6.70. The maximum Gasteiger partial charge on any atom is 0.293 e. The minimum atomic E-state index is 0.00373. The lowest BCUT2D eigenvalue weighted by molar-refractivity contribution is 0.412. The molecule has 0 aromatic carbocycles. The van der Waals surface area contributed by atoms with Crippen molar-refractivity contribution in [2.24, 2.45) is 5.73 Å². The molecule has 1 aromatic heterocycles. The molecule has 1 heterocycles. The summed E-state index contributed by atoms with van der Waals surface area (Å²) in [6.45, 7) is 3.91. The molecule has 1 fully saturated rings. The molecule has 0 amide bonds. The third-order valence-corrected chi connectivity index (χ3v) is 3.89. The van der Waals surface area contributed by atoms with Crippen molar-refractivity contribution < 1.29 is 0 Å². The average molecular weight is 264 g/mol. The summed E-state index contributed by atoms with van der Waals surface area (Å²) in [5.74, 6) is 0.571. The Balaban J connectivity index is 2.30. The van der Waals surface area contributed by atoms with Crippen LogP contribution in [0.25, 0.3) is 0 Å². The topological polar surface area (TPSA) is 64.2 Å². The van der Waals surface area contributed by atoms with E-state index in [9.17, 15) is 4.79 Å². The molecule has 0 aliphatic heterocycles. The first kappa shape index (κ1) is 14.1. The lowest BCUT2D eigenvalue weighted by Crippen LogP contribution is -2.44. The predicted molar refractivity (Wildman–Crippen MR) is 77.4 cm³/mol. The molecule has 1 aliphatic rings. The van der Waals surface area contributed by atoms with Crippen LogP contribution in [0.3, 0.4) is 0 Å². The Kier molecular flexibility index (Phi) is 4.96. The predicted octanol–water partition coefficient (Wildman–Crippen LogP) is 1.36. The highest BCUT2D eigenvalue weighted by atomic mass is 16.1. The molecule has 0 spiro atoms. The quantitative estimate of drug-likeness (QED) is 0.872. The van der Waals surface area contributed by atoms with Crippen molar-refractivity contribution in [2.75, 3.05) is 18.0 Å². The molecule has 5 heteroatoms. The van der Waals surface area contributed by atoms with Gasteiger partial charge in [-0.15, -0.1) is 0 Å². The molecular formula is C14H24N4O. The third-order valence-electron chi connectivity index (χ3n) is 3.89. The van der Waals surface area contributed by atoms with Crippen molar-refractivity contribution in [3.8, 4) is 0 Å². The van der Waals surface area contributed by atoms with E-state index in [1.54, 1.807) is 17.0 Å². The van der Waals surface area contributed by atoms with Crippen LogP contribution in [0.1, 0.15) is 39.0 Å². The average Bonchev–Trinajstić information content (AvgIpc) is 2.46. The van der Waals surface area contributed by atoms with Gasteiger partial charge in [-0.2, -0.15) is 0 Å². The first-order chi connectivity index (χ1) is 9.27. The molecule has 1 saturated carbocycles. The molecule has 0 bridgehead atoms. The standard InChI is InChI=1S/C14H24N4O/c1-2-17-11-9-16-13(14(17)19)18(10-8-15)12-6-4-3-5-7-12/h9,11-12H,2-8,10,15H2,1H3. The first-order valence-electron chi connectivity index (χ1n) is 7.30. The van der Waals surface area contributed by atoms with Gasteiger partial charge in [-0.1, -0.05) is 19.3 Å². The Morgan fingerprint density at radius 3 is 2.79 bits per heavy atom. The number of anilines is 1. The lowest BCUT2D eigenvalue weighted by atomic mass is 9.94. The van der Waals surface area contributed by atoms with Gasteiger partial charge in [-0.25, -0.2) is 4.98 Å². The fourth-order valence-electron chi connectivity index (χ4n) is 2.88. The molecule has 106 valence electrons. The van der Waals surface area contributed by atoms with Gasteiger partial charge in [0.1, 0.15) is 0 Å². The number of aromatic nitrogens is 2. The number of hydrogen-bond acceptors (Lipinski definition) is 4. The lowest BCUT2D eigenvalue weighted by Gasteiger charge is -2.34. The number of nitrogens with zero attached hydrogens (tertiary/aromatic N) is 3. The van der Waals surface area contributed by atoms with E-state index in [4.69, 9.17) is 5.73 Å². The van der Waals surface area contributed by atoms with Crippen molar-refractivity contribution >= 4 is 5.82 Å². The van der Waals surface area contributed by atoms with Crippen LogP contribution in [0.4, 0.5) is 5.82 Å². The summed E-state index contributed by atoms with van der Waals surface area (Å²) >= 11 is 0. The van der Waals surface area contributed by atoms with Crippen LogP contribution in [-0.2, 0) is 6.54 Å². The largest absolute Gasteiger partial charge is 0.348 e. The van der Waals surface area contributed by atoms with E-state index in [0.29, 0.717) is 31.5 Å². The van der Waals surface area contributed by atoms with Crippen molar-refractivity contribution in [3.05, 3.63) is 22.7 Å². The fourth-order valence-corrected chi connectivity index (χ4v) is 2.88. The van der Waals surface area contributed by atoms with Crippen LogP contribution < -0.4 is 16.2 Å². The normalized spacial score (nSPS) is 16.5. The van der Waals surface area contributed by atoms with Gasteiger partial charge >= 0.3 is 0 Å². The van der Waals surface area contributed by atoms with Crippen LogP contribution in [0.2, 0.25) is 0 Å². The molecule has 5 nitrogen and oxygen atoms in total. The molecular weight excluding hydrogens is 240 g/mol. The summed E-state index contributed by atoms with van der Waals surface area (Å²) in [7, 11) is 0. The third kappa shape index (κ3) is 3.15. The van der Waals surface area contributed by atoms with Gasteiger partial charge in [-0.05, 0) is 19.8 Å². The first-order valence-corrected chi connectivity index (χ1v) is 7.30. The molecule has 0 atom stereocenters. The van der Waals surface area contributed by atoms with Crippen molar-refractivity contribution in [1.29, 1.82) is 0 Å². The molecule has 0 saturated heterocycles. The molecule has 2 rings (SSSR count). The van der Waals surface area contributed by atoms with E-state index in [0.717, 1.165) is 12.8 Å². The summed E-state index contributed by atoms with van der Waals surface area (Å²) < 4.78 is 1.70. The zero-order valence-electron chi connectivity index (χ0n) is 11.7. The molecule has 19 heavy (non-hydrogen) atoms. The van der Waals surface area contributed by atoms with Crippen LogP contribution in [0.15, 0.2) is 17.2 Å². The second-order valence-corrected chi connectivity index (χ2v) is 5.12. The van der Waals surface area contributed by atoms with Gasteiger partial charge in [-0.3, -0.25) is 4.79 Å². The summed E-state index contributed by atoms with van der Waals surface area (Å²) in [6, 6.07) is 0.421. The van der Waals surface area contributed by atoms with E-state index in [2.05, 4.69) is 9.88 Å². The van der Waals surface area contributed by atoms with E-state index >= 15 is 0 Å². The maximum atomic E-state index is 12.4. The van der Waals surface area contributed by atoms with Gasteiger partial charge in [0.15, 0.2) is 5.82 Å². The SMILES string of the molecule is CCn1ccnc(N(CCN)C2CCCCC2)c1=O. The van der Waals surface area contributed by atoms with Crippen LogP contribution in [-0.4, -0.2) is 28.7 Å². The Hall–Kier alpha value is -1.36. The van der Waals surface area contributed by atoms with Crippen molar-refractivity contribution in [3.63, 3.8) is 0 Å². The molecule has 0 unspecified atom stereocenters. The zero-order valence-corrected chi connectivity index (χ0v) is 11.7. The smallest absolute Gasteiger partial charge is 0.293 e. The molecule has 0 radical (unpaired) electrons. The Labute approximate surface area is 114 Å². The summed E-state index contributed by atoms with van der Waals surface area (Å²) in [5.41, 5.74) is 5.72. The van der Waals surface area contributed by atoms with Crippen molar-refractivity contribution in [2.45, 2.75) is 51.6 Å². The van der Waals surface area contributed by atoms with E-state index in [-0.39, 0.29) is 5.56 Å². The van der Waals surface area contributed by atoms with E-state index in [1.165, 1.54) is 19.3 Å². The highest BCUT2D eigenvalue weighted by molar-refractivity contribution is 5.37. The molecule has 1 aromatic rings. The Morgan fingerprint density at radius 1 is 1.42 bits per heavy atom. The van der Waals surface area contributed by atoms with E-state index < -0.39 is 0 Å². The second-order valence-electron chi connectivity index (χ2n) is 5.12. The molecule has 2 N–H and O–H groups in total. The number of hydrogen-bond donors (Lipinski definition) is 1. The Bertz CT molecular complexity index is 451. The fraction of sp³-hybridized carbons (Fsp3) is 0.714. The van der Waals surface area contributed by atoms with Gasteiger partial charge in [0, 0.05) is 38.1 Å². The van der Waals surface area contributed by atoms with Crippen LogP contribution in [0.5, 0.6) is 0 Å². The van der Waals surface area contributed by atoms with Crippen LogP contribution >= 0.6 is 0 Å². The monoisotopic (exact) mass is 264 g/mol. The minimum Gasteiger partial charge on any atom is -0.348 e. The maximum absolute atomic E-state index is 12.4. The summed E-state index contributed by atoms with van der Waals surface area (Å²) in [4.78, 5) is 18.8. The summed E-state index contributed by atoms with van der Waals surface area (Å²) in [6.07, 6.45) is 9.51.